The third-order valence-corrected chi connectivity index (χ3v) is 4.98. The average molecular weight is 423 g/mol. The minimum Gasteiger partial charge on any atom is -0.331 e. The number of alkyl halides is 1. The van der Waals surface area contributed by atoms with Crippen molar-refractivity contribution in [1.29, 1.82) is 5.26 Å². The summed E-state index contributed by atoms with van der Waals surface area (Å²) in [5, 5.41) is 9.30. The number of Topliss-reactive ketones (excluding diaryl/α,β-unsaturated/α-hetero) is 1. The number of benzene rings is 1. The van der Waals surface area contributed by atoms with Crippen molar-refractivity contribution in [3.63, 3.8) is 0 Å². The molecule has 3 aromatic rings. The van der Waals surface area contributed by atoms with E-state index in [4.69, 9.17) is 5.26 Å². The van der Waals surface area contributed by atoms with Gasteiger partial charge in [0.15, 0.2) is 5.78 Å². The zero-order valence-electron chi connectivity index (χ0n) is 15.2. The minimum absolute atomic E-state index is 0.0417. The van der Waals surface area contributed by atoms with Crippen LogP contribution in [0.3, 0.4) is 0 Å². The predicted octanol–water partition coefficient (Wildman–Crippen LogP) is 4.45. The van der Waals surface area contributed by atoms with Crippen LogP contribution in [0.4, 0.5) is 0 Å². The van der Waals surface area contributed by atoms with Crippen molar-refractivity contribution >= 4 is 27.8 Å². The molecule has 0 radical (unpaired) electrons. The molecule has 2 heterocycles. The Labute approximate surface area is 166 Å². The maximum atomic E-state index is 12.3. The fourth-order valence-corrected chi connectivity index (χ4v) is 3.32. The zero-order chi connectivity index (χ0) is 19.4. The van der Waals surface area contributed by atoms with Gasteiger partial charge in [-0.1, -0.05) is 22.0 Å². The van der Waals surface area contributed by atoms with Crippen LogP contribution in [0.25, 0.3) is 11.8 Å². The van der Waals surface area contributed by atoms with Gasteiger partial charge in [0.2, 0.25) is 0 Å². The Bertz CT molecular complexity index is 1040. The first-order valence-electron chi connectivity index (χ1n) is 8.51. The maximum Gasteiger partial charge on any atom is 0.175 e. The number of nitrogens with zero attached hydrogens (tertiary/aromatic N) is 4. The van der Waals surface area contributed by atoms with Crippen molar-refractivity contribution in [3.05, 3.63) is 77.1 Å². The van der Waals surface area contributed by atoms with Crippen LogP contribution in [-0.2, 0) is 6.54 Å². The molecule has 0 aliphatic heterocycles. The average Bonchev–Trinajstić information content (AvgIpc) is 3.24. The Morgan fingerprint density at radius 1 is 1.30 bits per heavy atom. The van der Waals surface area contributed by atoms with Gasteiger partial charge in [-0.3, -0.25) is 4.79 Å². The molecule has 0 bridgehead atoms. The quantitative estimate of drug-likeness (QED) is 0.435. The van der Waals surface area contributed by atoms with Crippen molar-refractivity contribution < 1.29 is 4.79 Å². The van der Waals surface area contributed by atoms with Gasteiger partial charge in [-0.2, -0.15) is 5.26 Å². The highest BCUT2D eigenvalue weighted by Crippen LogP contribution is 2.24. The summed E-state index contributed by atoms with van der Waals surface area (Å²) >= 11 is 3.26. The molecule has 136 valence electrons. The number of imidazole rings is 1. The zero-order valence-corrected chi connectivity index (χ0v) is 16.8. The molecule has 0 aliphatic rings. The SMILES string of the molecule is Cc1nccn1CC=Cc1cc(C(=O)CBr)c(C)n1-c1ccc(C#N)cc1. The lowest BCUT2D eigenvalue weighted by atomic mass is 10.2. The molecule has 2 aromatic heterocycles. The molecule has 0 unspecified atom stereocenters. The number of carbonyl (C=O) groups excluding carboxylic acids is 1. The number of hydrogen-bond donors (Lipinski definition) is 0. The molecule has 0 aliphatic carbocycles. The highest BCUT2D eigenvalue weighted by Gasteiger charge is 2.16. The van der Waals surface area contributed by atoms with E-state index >= 15 is 0 Å². The van der Waals surface area contributed by atoms with Gasteiger partial charge in [-0.15, -0.1) is 0 Å². The van der Waals surface area contributed by atoms with Crippen LogP contribution in [0.1, 0.15) is 33.1 Å². The molecule has 0 amide bonds. The number of halogens is 1. The van der Waals surface area contributed by atoms with Crippen molar-refractivity contribution in [3.8, 4) is 11.8 Å². The minimum atomic E-state index is 0.0417. The van der Waals surface area contributed by atoms with Crippen LogP contribution in [0, 0.1) is 25.2 Å². The van der Waals surface area contributed by atoms with Crippen LogP contribution >= 0.6 is 15.9 Å². The Balaban J connectivity index is 2.01. The maximum absolute atomic E-state index is 12.3. The second-order valence-electron chi connectivity index (χ2n) is 6.15. The molecular formula is C21H19BrN4O. The molecule has 0 N–H and O–H groups in total. The first kappa shape index (κ1) is 18.9. The summed E-state index contributed by atoms with van der Waals surface area (Å²) in [7, 11) is 0. The van der Waals surface area contributed by atoms with E-state index in [0.29, 0.717) is 17.7 Å². The van der Waals surface area contributed by atoms with E-state index in [9.17, 15) is 4.79 Å². The number of rotatable bonds is 6. The molecule has 5 nitrogen and oxygen atoms in total. The van der Waals surface area contributed by atoms with Gasteiger partial charge in [0, 0.05) is 41.6 Å². The lowest BCUT2D eigenvalue weighted by Crippen LogP contribution is -2.04. The number of hydrogen-bond acceptors (Lipinski definition) is 3. The summed E-state index contributed by atoms with van der Waals surface area (Å²) in [4.78, 5) is 16.5. The molecule has 0 atom stereocenters. The monoisotopic (exact) mass is 422 g/mol. The summed E-state index contributed by atoms with van der Waals surface area (Å²) in [6.45, 7) is 4.60. The second kappa shape index (κ2) is 8.19. The number of allylic oxidation sites excluding steroid dienone is 1. The normalized spacial score (nSPS) is 11.0. The molecule has 0 fully saturated rings. The van der Waals surface area contributed by atoms with E-state index in [0.717, 1.165) is 22.9 Å². The molecule has 0 saturated carbocycles. The molecule has 0 spiro atoms. The molecule has 3 rings (SSSR count). The van der Waals surface area contributed by atoms with E-state index in [1.165, 1.54) is 0 Å². The van der Waals surface area contributed by atoms with Crippen LogP contribution in [0.2, 0.25) is 0 Å². The Morgan fingerprint density at radius 3 is 2.63 bits per heavy atom. The first-order valence-corrected chi connectivity index (χ1v) is 9.63. The molecule has 1 aromatic carbocycles. The van der Waals surface area contributed by atoms with E-state index < -0.39 is 0 Å². The van der Waals surface area contributed by atoms with E-state index in [1.807, 2.05) is 59.5 Å². The van der Waals surface area contributed by atoms with Crippen molar-refractivity contribution in [2.24, 2.45) is 0 Å². The number of ketones is 1. The number of aryl methyl sites for hydroxylation is 1. The molecule has 27 heavy (non-hydrogen) atoms. The highest BCUT2D eigenvalue weighted by molar-refractivity contribution is 9.09. The fraction of sp³-hybridized carbons (Fsp3) is 0.190. The lowest BCUT2D eigenvalue weighted by Gasteiger charge is -2.10. The second-order valence-corrected chi connectivity index (χ2v) is 6.71. The van der Waals surface area contributed by atoms with Crippen molar-refractivity contribution in [2.45, 2.75) is 20.4 Å². The highest BCUT2D eigenvalue weighted by atomic mass is 79.9. The standard InChI is InChI=1S/C21H19BrN4O/c1-15-20(21(27)13-22)12-19(4-3-10-25-11-9-24-16(25)2)26(15)18-7-5-17(14-23)6-8-18/h3-9,11-12H,10,13H2,1-2H3. The van der Waals surface area contributed by atoms with Crippen LogP contribution < -0.4 is 0 Å². The number of aromatic nitrogens is 3. The first-order chi connectivity index (χ1) is 13.0. The van der Waals surface area contributed by atoms with Gasteiger partial charge in [0.05, 0.1) is 17.0 Å². The summed E-state index contributed by atoms with van der Waals surface area (Å²) in [5.41, 5.74) is 4.00. The lowest BCUT2D eigenvalue weighted by molar-refractivity contribution is 0.102. The largest absolute Gasteiger partial charge is 0.331 e. The number of nitriles is 1. The summed E-state index contributed by atoms with van der Waals surface area (Å²) in [5.74, 6) is 0.994. The van der Waals surface area contributed by atoms with Gasteiger partial charge in [0.1, 0.15) is 5.82 Å². The summed E-state index contributed by atoms with van der Waals surface area (Å²) < 4.78 is 4.08. The van der Waals surface area contributed by atoms with Gasteiger partial charge >= 0.3 is 0 Å². The van der Waals surface area contributed by atoms with E-state index in [1.54, 1.807) is 18.3 Å². The van der Waals surface area contributed by atoms with Gasteiger partial charge in [-0.25, -0.2) is 4.98 Å². The molecule has 0 saturated heterocycles. The van der Waals surface area contributed by atoms with Gasteiger partial charge < -0.3 is 9.13 Å². The van der Waals surface area contributed by atoms with Crippen molar-refractivity contribution in [1.82, 2.24) is 14.1 Å². The predicted molar refractivity (Wildman–Crippen MR) is 109 cm³/mol. The van der Waals surface area contributed by atoms with Gasteiger partial charge in [-0.05, 0) is 50.3 Å². The Hall–Kier alpha value is -2.91. The van der Waals surface area contributed by atoms with Gasteiger partial charge in [0.25, 0.3) is 0 Å². The Morgan fingerprint density at radius 2 is 2.04 bits per heavy atom. The van der Waals surface area contributed by atoms with E-state index in [2.05, 4.69) is 27.0 Å². The van der Waals surface area contributed by atoms with Crippen LogP contribution in [0.15, 0.2) is 48.8 Å². The smallest absolute Gasteiger partial charge is 0.175 e. The van der Waals surface area contributed by atoms with Crippen LogP contribution in [-0.4, -0.2) is 25.2 Å². The third kappa shape index (κ3) is 3.93. The van der Waals surface area contributed by atoms with Crippen LogP contribution in [0.5, 0.6) is 0 Å². The Kier molecular flexibility index (Phi) is 5.72. The summed E-state index contributed by atoms with van der Waals surface area (Å²) in [6, 6.07) is 11.4. The van der Waals surface area contributed by atoms with Crippen molar-refractivity contribution in [2.75, 3.05) is 5.33 Å². The third-order valence-electron chi connectivity index (χ3n) is 4.47. The van der Waals surface area contributed by atoms with E-state index in [-0.39, 0.29) is 11.1 Å². The molecular weight excluding hydrogens is 404 g/mol. The molecule has 6 heteroatoms. The number of carbonyl (C=O) groups is 1. The topological polar surface area (TPSA) is 63.6 Å². The summed E-state index contributed by atoms with van der Waals surface area (Å²) in [6.07, 6.45) is 7.77. The fourth-order valence-electron chi connectivity index (χ4n) is 3.02.